The molecular formula is C25H33F2N3O2. The van der Waals surface area contributed by atoms with E-state index < -0.39 is 22.9 Å². The molecule has 0 aliphatic heterocycles. The number of rotatable bonds is 3. The molecule has 0 aromatic carbocycles. The SMILES string of the molecule is C[C@@]1(O)CC[C@H]2C(CC[C@@H]3[C@@H]2CC(F)(F)[C@]2(C)[C@@H](C(=O)Cn4cc(C#N)cn4)CC[C@@H]32)C1. The second kappa shape index (κ2) is 7.35. The number of halogens is 2. The zero-order valence-electron chi connectivity index (χ0n) is 18.9. The number of ketones is 1. The molecule has 5 nitrogen and oxygen atoms in total. The molecule has 8 atom stereocenters. The fraction of sp³-hybridized carbons (Fsp3) is 0.800. The lowest BCUT2D eigenvalue weighted by Crippen LogP contribution is -2.59. The standard InChI is InChI=1S/C25H33F2N3O2/c1-23(32)8-7-17-16(9-23)3-4-18-19(17)10-25(26,27)24(2)20(18)5-6-21(24)22(31)14-30-13-15(11-28)12-29-30/h12-13,16-21,32H,3-10,14H2,1-2H3/t16?,17-,18+,19+,20-,21+,23+,24-/m0/s1. The van der Waals surface area contributed by atoms with Gasteiger partial charge in [-0.15, -0.1) is 0 Å². The number of aliphatic hydroxyl groups is 1. The summed E-state index contributed by atoms with van der Waals surface area (Å²) < 4.78 is 33.3. The van der Waals surface area contributed by atoms with Gasteiger partial charge in [0.05, 0.1) is 23.9 Å². The van der Waals surface area contributed by atoms with E-state index >= 15 is 8.78 Å². The van der Waals surface area contributed by atoms with E-state index in [9.17, 15) is 9.90 Å². The van der Waals surface area contributed by atoms with E-state index in [4.69, 9.17) is 5.26 Å². The fourth-order valence-electron chi connectivity index (χ4n) is 8.33. The van der Waals surface area contributed by atoms with Gasteiger partial charge in [0.1, 0.15) is 6.07 Å². The van der Waals surface area contributed by atoms with Gasteiger partial charge in [0.15, 0.2) is 5.78 Å². The third kappa shape index (κ3) is 3.24. The summed E-state index contributed by atoms with van der Waals surface area (Å²) >= 11 is 0. The van der Waals surface area contributed by atoms with Crippen LogP contribution in [0.2, 0.25) is 0 Å². The molecule has 4 aliphatic carbocycles. The highest BCUT2D eigenvalue weighted by molar-refractivity contribution is 5.82. The third-order valence-electron chi connectivity index (χ3n) is 9.82. The summed E-state index contributed by atoms with van der Waals surface area (Å²) in [4.78, 5) is 13.2. The molecular weight excluding hydrogens is 412 g/mol. The van der Waals surface area contributed by atoms with Crippen LogP contribution in [0.3, 0.4) is 0 Å². The largest absolute Gasteiger partial charge is 0.390 e. The number of hydrogen-bond donors (Lipinski definition) is 1. The van der Waals surface area contributed by atoms with Gasteiger partial charge in [0, 0.05) is 24.0 Å². The third-order valence-corrected chi connectivity index (χ3v) is 9.82. The van der Waals surface area contributed by atoms with E-state index in [0.29, 0.717) is 30.7 Å². The van der Waals surface area contributed by atoms with E-state index in [1.54, 1.807) is 6.92 Å². The first-order valence-electron chi connectivity index (χ1n) is 12.1. The molecule has 1 aromatic rings. The van der Waals surface area contributed by atoms with Crippen LogP contribution < -0.4 is 0 Å². The topological polar surface area (TPSA) is 78.9 Å². The number of nitriles is 1. The molecule has 0 amide bonds. The Morgan fingerprint density at radius 3 is 2.69 bits per heavy atom. The number of hydrogen-bond acceptors (Lipinski definition) is 4. The van der Waals surface area contributed by atoms with Gasteiger partial charge in [0.2, 0.25) is 0 Å². The first-order chi connectivity index (χ1) is 15.1. The molecule has 0 spiro atoms. The van der Waals surface area contributed by atoms with Crippen molar-refractivity contribution in [3.8, 4) is 6.07 Å². The Morgan fingerprint density at radius 2 is 1.97 bits per heavy atom. The second-order valence-electron chi connectivity index (χ2n) is 11.5. The van der Waals surface area contributed by atoms with Crippen molar-refractivity contribution >= 4 is 5.78 Å². The lowest BCUT2D eigenvalue weighted by atomic mass is 9.47. The van der Waals surface area contributed by atoms with Crippen LogP contribution in [0.5, 0.6) is 0 Å². The molecule has 4 aliphatic rings. The highest BCUT2D eigenvalue weighted by atomic mass is 19.3. The maximum atomic E-state index is 16.0. The van der Waals surface area contributed by atoms with Crippen LogP contribution in [0, 0.1) is 52.3 Å². The number of carbonyl (C=O) groups is 1. The first kappa shape index (κ1) is 22.0. The quantitative estimate of drug-likeness (QED) is 0.738. The predicted molar refractivity (Wildman–Crippen MR) is 114 cm³/mol. The van der Waals surface area contributed by atoms with Crippen LogP contribution in [-0.4, -0.2) is 32.2 Å². The Balaban J connectivity index is 1.39. The molecule has 32 heavy (non-hydrogen) atoms. The van der Waals surface area contributed by atoms with Crippen LogP contribution in [0.25, 0.3) is 0 Å². The molecule has 1 N–H and O–H groups in total. The number of aromatic nitrogens is 2. The van der Waals surface area contributed by atoms with E-state index in [1.165, 1.54) is 17.1 Å². The molecule has 4 fully saturated rings. The van der Waals surface area contributed by atoms with E-state index in [-0.39, 0.29) is 42.4 Å². The molecule has 1 aromatic heterocycles. The van der Waals surface area contributed by atoms with Crippen molar-refractivity contribution < 1.29 is 18.7 Å². The number of carbonyl (C=O) groups excluding carboxylic acids is 1. The van der Waals surface area contributed by atoms with E-state index in [1.807, 2.05) is 13.0 Å². The second-order valence-corrected chi connectivity index (χ2v) is 11.5. The van der Waals surface area contributed by atoms with Gasteiger partial charge in [-0.2, -0.15) is 10.4 Å². The summed E-state index contributed by atoms with van der Waals surface area (Å²) in [5.41, 5.74) is -1.62. The van der Waals surface area contributed by atoms with Gasteiger partial charge >= 0.3 is 0 Å². The average Bonchev–Trinajstić information content (AvgIpc) is 3.32. The van der Waals surface area contributed by atoms with Crippen molar-refractivity contribution in [1.29, 1.82) is 5.26 Å². The van der Waals surface area contributed by atoms with Crippen LogP contribution in [0.15, 0.2) is 12.4 Å². The molecule has 5 rings (SSSR count). The minimum atomic E-state index is -2.89. The Kier molecular flexibility index (Phi) is 5.05. The Hall–Kier alpha value is -1.81. The van der Waals surface area contributed by atoms with E-state index in [0.717, 1.165) is 25.7 Å². The number of alkyl halides is 2. The van der Waals surface area contributed by atoms with Gasteiger partial charge in [-0.25, -0.2) is 8.78 Å². The Bertz CT molecular complexity index is 951. The number of nitrogens with zero attached hydrogens (tertiary/aromatic N) is 3. The van der Waals surface area contributed by atoms with Crippen LogP contribution in [-0.2, 0) is 11.3 Å². The summed E-state index contributed by atoms with van der Waals surface area (Å²) in [6.07, 6.45) is 8.15. The molecule has 0 radical (unpaired) electrons. The van der Waals surface area contributed by atoms with Crippen molar-refractivity contribution in [3.05, 3.63) is 18.0 Å². The minimum absolute atomic E-state index is 0.00363. The van der Waals surface area contributed by atoms with Gasteiger partial charge < -0.3 is 5.11 Å². The number of fused-ring (bicyclic) bond motifs is 5. The Morgan fingerprint density at radius 1 is 1.19 bits per heavy atom. The summed E-state index contributed by atoms with van der Waals surface area (Å²) in [5.74, 6) is -3.04. The molecule has 1 heterocycles. The van der Waals surface area contributed by atoms with Crippen molar-refractivity contribution in [3.63, 3.8) is 0 Å². The highest BCUT2D eigenvalue weighted by Crippen LogP contribution is 2.69. The predicted octanol–water partition coefficient (Wildman–Crippen LogP) is 4.59. The van der Waals surface area contributed by atoms with Crippen LogP contribution >= 0.6 is 0 Å². The van der Waals surface area contributed by atoms with Gasteiger partial charge in [-0.3, -0.25) is 9.48 Å². The summed E-state index contributed by atoms with van der Waals surface area (Å²) in [6.45, 7) is 3.50. The van der Waals surface area contributed by atoms with Crippen LogP contribution in [0.1, 0.15) is 70.8 Å². The van der Waals surface area contributed by atoms with Crippen LogP contribution in [0.4, 0.5) is 8.78 Å². The lowest BCUT2D eigenvalue weighted by Gasteiger charge is -2.59. The van der Waals surface area contributed by atoms with Gasteiger partial charge in [-0.1, -0.05) is 6.92 Å². The van der Waals surface area contributed by atoms with Gasteiger partial charge in [0.25, 0.3) is 5.92 Å². The van der Waals surface area contributed by atoms with Crippen molar-refractivity contribution in [2.75, 3.05) is 0 Å². The maximum absolute atomic E-state index is 16.0. The lowest BCUT2D eigenvalue weighted by molar-refractivity contribution is -0.228. The molecule has 1 unspecified atom stereocenters. The van der Waals surface area contributed by atoms with E-state index in [2.05, 4.69) is 5.10 Å². The van der Waals surface area contributed by atoms with Crippen molar-refractivity contribution in [2.45, 2.75) is 83.3 Å². The minimum Gasteiger partial charge on any atom is -0.390 e. The smallest absolute Gasteiger partial charge is 0.254 e. The number of Topliss-reactive ketones (excluding diaryl/α,β-unsaturated/α-hetero) is 1. The molecule has 4 saturated carbocycles. The monoisotopic (exact) mass is 445 g/mol. The zero-order valence-corrected chi connectivity index (χ0v) is 18.9. The molecule has 0 saturated heterocycles. The Labute approximate surface area is 188 Å². The fourth-order valence-corrected chi connectivity index (χ4v) is 8.33. The van der Waals surface area contributed by atoms with Crippen molar-refractivity contribution in [1.82, 2.24) is 9.78 Å². The molecule has 0 bridgehead atoms. The van der Waals surface area contributed by atoms with Gasteiger partial charge in [-0.05, 0) is 81.5 Å². The molecule has 7 heteroatoms. The van der Waals surface area contributed by atoms with Crippen molar-refractivity contribution in [2.24, 2.45) is 40.9 Å². The summed E-state index contributed by atoms with van der Waals surface area (Å²) in [7, 11) is 0. The summed E-state index contributed by atoms with van der Waals surface area (Å²) in [5, 5.41) is 23.6. The first-order valence-corrected chi connectivity index (χ1v) is 12.1. The molecule has 174 valence electrons. The highest BCUT2D eigenvalue weighted by Gasteiger charge is 2.70. The normalized spacial score (nSPS) is 44.8. The zero-order chi connectivity index (χ0) is 22.9. The average molecular weight is 446 g/mol. The summed E-state index contributed by atoms with van der Waals surface area (Å²) in [6, 6.07) is 1.98. The maximum Gasteiger partial charge on any atom is 0.254 e.